The molecule has 0 aromatic heterocycles. The predicted molar refractivity (Wildman–Crippen MR) is 23.0 cm³/mol. The maximum Gasteiger partial charge on any atom is 0.331 e. The first-order valence-corrected chi connectivity index (χ1v) is 1.51. The SMILES string of the molecule is C/C=N/N[C]=O. The summed E-state index contributed by atoms with van der Waals surface area (Å²) in [6, 6.07) is 0. The van der Waals surface area contributed by atoms with Gasteiger partial charge in [-0.15, -0.1) is 0 Å². The second kappa shape index (κ2) is 4.14. The van der Waals surface area contributed by atoms with Crippen molar-refractivity contribution >= 4 is 12.6 Å². The van der Waals surface area contributed by atoms with Crippen LogP contribution in [0.25, 0.3) is 0 Å². The van der Waals surface area contributed by atoms with E-state index in [-0.39, 0.29) is 0 Å². The van der Waals surface area contributed by atoms with Gasteiger partial charge in [0.1, 0.15) is 0 Å². The van der Waals surface area contributed by atoms with Crippen molar-refractivity contribution in [2.75, 3.05) is 0 Å². The molecule has 0 fully saturated rings. The molecule has 1 N–H and O–H groups in total. The highest BCUT2D eigenvalue weighted by Gasteiger charge is 1.59. The van der Waals surface area contributed by atoms with Crippen molar-refractivity contribution in [2.24, 2.45) is 5.10 Å². The van der Waals surface area contributed by atoms with Crippen LogP contribution in [-0.2, 0) is 4.79 Å². The van der Waals surface area contributed by atoms with Gasteiger partial charge < -0.3 is 0 Å². The lowest BCUT2D eigenvalue weighted by molar-refractivity contribution is 0.545. The van der Waals surface area contributed by atoms with Gasteiger partial charge in [0.2, 0.25) is 0 Å². The molecule has 33 valence electrons. The highest BCUT2D eigenvalue weighted by atomic mass is 16.1. The van der Waals surface area contributed by atoms with Gasteiger partial charge in [0.15, 0.2) is 0 Å². The Morgan fingerprint density at radius 1 is 2.00 bits per heavy atom. The summed E-state index contributed by atoms with van der Waals surface area (Å²) >= 11 is 0. The standard InChI is InChI=1S/C3H5N2O/c1-2-4-5-3-6/h2H,1H3,(H,5,6)/b4-2+. The molecule has 0 bridgehead atoms. The number of hydrazone groups is 1. The molecule has 0 heterocycles. The maximum atomic E-state index is 9.21. The summed E-state index contributed by atoms with van der Waals surface area (Å²) in [5.41, 5.74) is 1.96. The van der Waals surface area contributed by atoms with Gasteiger partial charge in [0.25, 0.3) is 0 Å². The summed E-state index contributed by atoms with van der Waals surface area (Å²) in [5, 5.41) is 3.29. The smallest absolute Gasteiger partial charge is 0.262 e. The molecule has 3 nitrogen and oxygen atoms in total. The zero-order chi connectivity index (χ0) is 4.83. The van der Waals surface area contributed by atoms with Gasteiger partial charge in [0.05, 0.1) is 0 Å². The van der Waals surface area contributed by atoms with Crippen molar-refractivity contribution in [3.8, 4) is 0 Å². The van der Waals surface area contributed by atoms with Crippen LogP contribution in [0.3, 0.4) is 0 Å². The molecular formula is C3H5N2O. The largest absolute Gasteiger partial charge is 0.331 e. The second-order valence-electron chi connectivity index (χ2n) is 0.601. The molecule has 0 spiro atoms. The van der Waals surface area contributed by atoms with E-state index in [0.29, 0.717) is 0 Å². The molecule has 3 heteroatoms. The topological polar surface area (TPSA) is 41.5 Å². The van der Waals surface area contributed by atoms with Gasteiger partial charge in [0, 0.05) is 6.21 Å². The zero-order valence-corrected chi connectivity index (χ0v) is 3.43. The van der Waals surface area contributed by atoms with Crippen LogP contribution >= 0.6 is 0 Å². The summed E-state index contributed by atoms with van der Waals surface area (Å²) in [6.07, 6.45) is 2.83. The highest BCUT2D eigenvalue weighted by Crippen LogP contribution is 1.43. The molecule has 0 saturated heterocycles. The van der Waals surface area contributed by atoms with Crippen molar-refractivity contribution in [1.29, 1.82) is 0 Å². The molecule has 0 atom stereocenters. The van der Waals surface area contributed by atoms with Crippen LogP contribution in [0.5, 0.6) is 0 Å². The van der Waals surface area contributed by atoms with E-state index >= 15 is 0 Å². The van der Waals surface area contributed by atoms with Crippen LogP contribution in [0, 0.1) is 0 Å². The van der Waals surface area contributed by atoms with Crippen LogP contribution in [0.4, 0.5) is 0 Å². The molecule has 0 aromatic carbocycles. The van der Waals surface area contributed by atoms with Gasteiger partial charge in [-0.1, -0.05) is 0 Å². The first-order chi connectivity index (χ1) is 2.91. The zero-order valence-electron chi connectivity index (χ0n) is 3.43. The molecular weight excluding hydrogens is 80.0 g/mol. The van der Waals surface area contributed by atoms with E-state index in [1.807, 2.05) is 5.43 Å². The Morgan fingerprint density at radius 3 is 2.83 bits per heavy atom. The lowest BCUT2D eigenvalue weighted by Crippen LogP contribution is -1.98. The maximum absolute atomic E-state index is 9.21. The van der Waals surface area contributed by atoms with E-state index in [4.69, 9.17) is 0 Å². The fraction of sp³-hybridized carbons (Fsp3) is 0.333. The quantitative estimate of drug-likeness (QED) is 0.278. The van der Waals surface area contributed by atoms with Crippen LogP contribution in [-0.4, -0.2) is 12.6 Å². The van der Waals surface area contributed by atoms with Crippen LogP contribution in [0.15, 0.2) is 5.10 Å². The van der Waals surface area contributed by atoms with Crippen LogP contribution in [0.2, 0.25) is 0 Å². The average Bonchev–Trinajstić information content (AvgIpc) is 1.61. The number of hydrogen-bond donors (Lipinski definition) is 1. The number of amides is 1. The van der Waals surface area contributed by atoms with Crippen molar-refractivity contribution < 1.29 is 4.79 Å². The summed E-state index contributed by atoms with van der Waals surface area (Å²) in [7, 11) is 0. The lowest BCUT2D eigenvalue weighted by Gasteiger charge is -1.72. The molecule has 1 amide bonds. The fourth-order valence-electron chi connectivity index (χ4n) is 0.0909. The lowest BCUT2D eigenvalue weighted by atomic mass is 10.9. The third-order valence-corrected chi connectivity index (χ3v) is 0.239. The second-order valence-corrected chi connectivity index (χ2v) is 0.601. The van der Waals surface area contributed by atoms with Crippen molar-refractivity contribution in [3.63, 3.8) is 0 Å². The van der Waals surface area contributed by atoms with Crippen molar-refractivity contribution in [3.05, 3.63) is 0 Å². The Hall–Kier alpha value is -0.860. The van der Waals surface area contributed by atoms with E-state index in [2.05, 4.69) is 5.10 Å². The molecule has 0 aliphatic rings. The molecule has 1 radical (unpaired) electrons. The normalized spacial score (nSPS) is 8.83. The van der Waals surface area contributed by atoms with Gasteiger partial charge in [-0.3, -0.25) is 4.79 Å². The Kier molecular flexibility index (Phi) is 3.55. The first-order valence-electron chi connectivity index (χ1n) is 1.51. The summed E-state index contributed by atoms with van der Waals surface area (Å²) in [5.74, 6) is 0. The van der Waals surface area contributed by atoms with E-state index < -0.39 is 0 Å². The third kappa shape index (κ3) is 3.14. The van der Waals surface area contributed by atoms with Gasteiger partial charge >= 0.3 is 6.41 Å². The summed E-state index contributed by atoms with van der Waals surface area (Å²) in [6.45, 7) is 1.70. The van der Waals surface area contributed by atoms with Gasteiger partial charge in [-0.25, -0.2) is 5.43 Å². The van der Waals surface area contributed by atoms with E-state index in [1.165, 1.54) is 12.6 Å². The number of nitrogens with one attached hydrogen (secondary N) is 1. The summed E-state index contributed by atoms with van der Waals surface area (Å²) in [4.78, 5) is 9.21. The minimum absolute atomic E-state index is 1.37. The summed E-state index contributed by atoms with van der Waals surface area (Å²) < 4.78 is 0. The highest BCUT2D eigenvalue weighted by molar-refractivity contribution is 5.56. The third-order valence-electron chi connectivity index (χ3n) is 0.239. The molecule has 0 unspecified atom stereocenters. The van der Waals surface area contributed by atoms with Crippen LogP contribution in [0.1, 0.15) is 6.92 Å². The molecule has 0 aromatic rings. The minimum Gasteiger partial charge on any atom is -0.262 e. The number of carbonyl (C=O) groups excluding carboxylic acids is 1. The Morgan fingerprint density at radius 2 is 2.67 bits per heavy atom. The Bertz CT molecular complexity index is 59.8. The fourth-order valence-corrected chi connectivity index (χ4v) is 0.0909. The van der Waals surface area contributed by atoms with Crippen molar-refractivity contribution in [1.82, 2.24) is 5.43 Å². The first kappa shape index (κ1) is 5.14. The Labute approximate surface area is 36.0 Å². The number of hydrogen-bond acceptors (Lipinski definition) is 2. The Balaban J connectivity index is 2.85. The molecule has 6 heavy (non-hydrogen) atoms. The van der Waals surface area contributed by atoms with E-state index in [0.717, 1.165) is 0 Å². The molecule has 0 saturated carbocycles. The van der Waals surface area contributed by atoms with Crippen molar-refractivity contribution in [2.45, 2.75) is 6.92 Å². The molecule has 0 aliphatic heterocycles. The number of rotatable bonds is 2. The van der Waals surface area contributed by atoms with Gasteiger partial charge in [-0.05, 0) is 6.92 Å². The predicted octanol–water partition coefficient (Wildman–Crippen LogP) is -0.351. The number of nitrogens with zero attached hydrogens (tertiary/aromatic N) is 1. The van der Waals surface area contributed by atoms with Gasteiger partial charge in [-0.2, -0.15) is 5.10 Å². The molecule has 0 rings (SSSR count). The average molecular weight is 85.1 g/mol. The monoisotopic (exact) mass is 85.0 g/mol. The van der Waals surface area contributed by atoms with E-state index in [1.54, 1.807) is 6.92 Å². The van der Waals surface area contributed by atoms with Crippen LogP contribution < -0.4 is 5.43 Å². The van der Waals surface area contributed by atoms with E-state index in [9.17, 15) is 4.79 Å². The minimum atomic E-state index is 1.37. The molecule has 0 aliphatic carbocycles.